The Labute approximate surface area is 183 Å². The summed E-state index contributed by atoms with van der Waals surface area (Å²) in [6.07, 6.45) is 1.78. The van der Waals surface area contributed by atoms with Crippen molar-refractivity contribution in [1.82, 2.24) is 9.97 Å². The van der Waals surface area contributed by atoms with Crippen molar-refractivity contribution in [1.29, 1.82) is 0 Å². The van der Waals surface area contributed by atoms with E-state index in [1.54, 1.807) is 23.6 Å². The van der Waals surface area contributed by atoms with Crippen molar-refractivity contribution in [3.8, 4) is 27.3 Å². The standard InChI is InChI=1S/C24H21N3O3S/c1-14-8-9-25-21(10-14)26-13-22-27-15(2)23(31-22)18-5-3-4-16(11-18)17-6-7-19(24(29)30)20(28)12-17/h3-12,28H,13H2,1-2H3,(H,25,26)(H,29,30). The van der Waals surface area contributed by atoms with E-state index < -0.39 is 5.97 Å². The van der Waals surface area contributed by atoms with Crippen molar-refractivity contribution in [3.63, 3.8) is 0 Å². The van der Waals surface area contributed by atoms with Gasteiger partial charge in [0.15, 0.2) is 0 Å². The SMILES string of the molecule is Cc1ccnc(NCc2nc(C)c(-c3cccc(-c4ccc(C(=O)O)c(O)c4)c3)s2)c1. The van der Waals surface area contributed by atoms with Crippen molar-refractivity contribution >= 4 is 23.1 Å². The van der Waals surface area contributed by atoms with Crippen molar-refractivity contribution in [2.75, 3.05) is 5.32 Å². The maximum absolute atomic E-state index is 11.1. The fraction of sp³-hybridized carbons (Fsp3) is 0.125. The van der Waals surface area contributed by atoms with E-state index in [1.165, 1.54) is 12.1 Å². The number of pyridine rings is 1. The van der Waals surface area contributed by atoms with Crippen LogP contribution in [0.4, 0.5) is 5.82 Å². The lowest BCUT2D eigenvalue weighted by Gasteiger charge is -2.07. The predicted molar refractivity (Wildman–Crippen MR) is 123 cm³/mol. The molecule has 31 heavy (non-hydrogen) atoms. The van der Waals surface area contributed by atoms with Gasteiger partial charge in [0.1, 0.15) is 22.1 Å². The van der Waals surface area contributed by atoms with E-state index >= 15 is 0 Å². The summed E-state index contributed by atoms with van der Waals surface area (Å²) in [6, 6.07) is 16.5. The summed E-state index contributed by atoms with van der Waals surface area (Å²) in [6.45, 7) is 4.60. The summed E-state index contributed by atoms with van der Waals surface area (Å²) in [7, 11) is 0. The number of carboxylic acid groups (broad SMARTS) is 1. The highest BCUT2D eigenvalue weighted by atomic mass is 32.1. The Morgan fingerprint density at radius 3 is 2.55 bits per heavy atom. The Morgan fingerprint density at radius 1 is 1.03 bits per heavy atom. The molecule has 6 nitrogen and oxygen atoms in total. The quantitative estimate of drug-likeness (QED) is 0.373. The zero-order valence-corrected chi connectivity index (χ0v) is 17.9. The first-order valence-corrected chi connectivity index (χ1v) is 10.5. The lowest BCUT2D eigenvalue weighted by Crippen LogP contribution is -2.00. The number of rotatable bonds is 6. The van der Waals surface area contributed by atoms with Gasteiger partial charge in [-0.25, -0.2) is 14.8 Å². The average molecular weight is 432 g/mol. The molecule has 0 aliphatic rings. The molecule has 4 aromatic rings. The third kappa shape index (κ3) is 4.57. The monoisotopic (exact) mass is 431 g/mol. The summed E-state index contributed by atoms with van der Waals surface area (Å²) in [5.41, 5.74) is 4.64. The van der Waals surface area contributed by atoms with Crippen molar-refractivity contribution in [3.05, 3.63) is 82.6 Å². The third-order valence-electron chi connectivity index (χ3n) is 4.86. The second-order valence-electron chi connectivity index (χ2n) is 7.21. The molecule has 0 bridgehead atoms. The first-order valence-electron chi connectivity index (χ1n) is 9.70. The molecule has 156 valence electrons. The van der Waals surface area contributed by atoms with Crippen molar-refractivity contribution in [2.45, 2.75) is 20.4 Å². The predicted octanol–water partition coefficient (Wildman–Crippen LogP) is 5.50. The second-order valence-corrected chi connectivity index (χ2v) is 8.30. The summed E-state index contributed by atoms with van der Waals surface area (Å²) in [5, 5.41) is 23.4. The van der Waals surface area contributed by atoms with E-state index in [9.17, 15) is 9.90 Å². The molecule has 2 aromatic carbocycles. The van der Waals surface area contributed by atoms with Gasteiger partial charge < -0.3 is 15.5 Å². The number of aromatic hydroxyl groups is 1. The maximum Gasteiger partial charge on any atom is 0.339 e. The number of nitrogens with zero attached hydrogens (tertiary/aromatic N) is 2. The van der Waals surface area contributed by atoms with Crippen LogP contribution in [0.1, 0.15) is 26.6 Å². The number of nitrogens with one attached hydrogen (secondary N) is 1. The van der Waals surface area contributed by atoms with Crippen LogP contribution in [0.25, 0.3) is 21.6 Å². The number of thiazole rings is 1. The molecule has 0 saturated heterocycles. The number of hydrogen-bond acceptors (Lipinski definition) is 6. The molecule has 4 rings (SSSR count). The second kappa shape index (κ2) is 8.57. The van der Waals surface area contributed by atoms with E-state index in [0.717, 1.165) is 43.7 Å². The zero-order chi connectivity index (χ0) is 22.0. The Hall–Kier alpha value is -3.71. The molecule has 0 radical (unpaired) electrons. The van der Waals surface area contributed by atoms with Gasteiger partial charge >= 0.3 is 5.97 Å². The molecular weight excluding hydrogens is 410 g/mol. The van der Waals surface area contributed by atoms with Crippen LogP contribution in [-0.4, -0.2) is 26.2 Å². The van der Waals surface area contributed by atoms with Crippen LogP contribution >= 0.6 is 11.3 Å². The smallest absolute Gasteiger partial charge is 0.339 e. The Bertz CT molecular complexity index is 1270. The summed E-state index contributed by atoms with van der Waals surface area (Å²) < 4.78 is 0. The van der Waals surface area contributed by atoms with E-state index in [4.69, 9.17) is 10.1 Å². The molecule has 0 aliphatic carbocycles. The molecule has 0 fully saturated rings. The molecule has 0 unspecified atom stereocenters. The minimum absolute atomic E-state index is 0.113. The van der Waals surface area contributed by atoms with Crippen molar-refractivity contribution < 1.29 is 15.0 Å². The van der Waals surface area contributed by atoms with E-state index in [-0.39, 0.29) is 11.3 Å². The van der Waals surface area contributed by atoms with Gasteiger partial charge in [-0.3, -0.25) is 0 Å². The van der Waals surface area contributed by atoms with E-state index in [1.807, 2.05) is 50.2 Å². The topological polar surface area (TPSA) is 95.3 Å². The third-order valence-corrected chi connectivity index (χ3v) is 6.07. The largest absolute Gasteiger partial charge is 0.507 e. The van der Waals surface area contributed by atoms with Crippen LogP contribution in [0.3, 0.4) is 0 Å². The Kier molecular flexibility index (Phi) is 5.68. The average Bonchev–Trinajstić information content (AvgIpc) is 3.12. The fourth-order valence-electron chi connectivity index (χ4n) is 3.33. The Balaban J connectivity index is 1.58. The number of benzene rings is 2. The number of aryl methyl sites for hydroxylation is 2. The number of aromatic nitrogens is 2. The molecule has 7 heteroatoms. The normalized spacial score (nSPS) is 10.8. The molecule has 0 saturated carbocycles. The van der Waals surface area contributed by atoms with Gasteiger partial charge in [-0.1, -0.05) is 24.3 Å². The van der Waals surface area contributed by atoms with Gasteiger partial charge in [0.05, 0.1) is 17.1 Å². The highest BCUT2D eigenvalue weighted by Crippen LogP contribution is 2.34. The molecule has 3 N–H and O–H groups in total. The first-order chi connectivity index (χ1) is 14.9. The fourth-order valence-corrected chi connectivity index (χ4v) is 4.33. The van der Waals surface area contributed by atoms with Crippen LogP contribution in [-0.2, 0) is 6.54 Å². The van der Waals surface area contributed by atoms with E-state index in [0.29, 0.717) is 6.54 Å². The number of phenols is 1. The number of carbonyl (C=O) groups is 1. The van der Waals surface area contributed by atoms with Crippen molar-refractivity contribution in [2.24, 2.45) is 0 Å². The van der Waals surface area contributed by atoms with Gasteiger partial charge in [0.25, 0.3) is 0 Å². The highest BCUT2D eigenvalue weighted by Gasteiger charge is 2.13. The summed E-state index contributed by atoms with van der Waals surface area (Å²) in [4.78, 5) is 21.2. The Morgan fingerprint density at radius 2 is 1.81 bits per heavy atom. The molecule has 2 aromatic heterocycles. The minimum atomic E-state index is -1.15. The molecular formula is C24H21N3O3S. The number of hydrogen-bond donors (Lipinski definition) is 3. The van der Waals surface area contributed by atoms with Crippen LogP contribution in [0, 0.1) is 13.8 Å². The summed E-state index contributed by atoms with van der Waals surface area (Å²) in [5.74, 6) is -0.580. The molecule has 0 aliphatic heterocycles. The van der Waals surface area contributed by atoms with Gasteiger partial charge in [-0.05, 0) is 66.4 Å². The molecule has 0 spiro atoms. The number of anilines is 1. The first kappa shape index (κ1) is 20.6. The van der Waals surface area contributed by atoms with Crippen LogP contribution in [0.15, 0.2) is 60.8 Å². The highest BCUT2D eigenvalue weighted by molar-refractivity contribution is 7.15. The number of carboxylic acids is 1. The van der Waals surface area contributed by atoms with Crippen LogP contribution in [0.5, 0.6) is 5.75 Å². The van der Waals surface area contributed by atoms with Crippen LogP contribution < -0.4 is 5.32 Å². The van der Waals surface area contributed by atoms with Gasteiger partial charge in [0.2, 0.25) is 0 Å². The molecule has 0 amide bonds. The minimum Gasteiger partial charge on any atom is -0.507 e. The lowest BCUT2D eigenvalue weighted by molar-refractivity contribution is 0.0694. The van der Waals surface area contributed by atoms with E-state index in [2.05, 4.69) is 10.3 Å². The lowest BCUT2D eigenvalue weighted by atomic mass is 10.0. The van der Waals surface area contributed by atoms with Gasteiger partial charge in [-0.15, -0.1) is 11.3 Å². The number of aromatic carboxylic acids is 1. The van der Waals surface area contributed by atoms with Crippen LogP contribution in [0.2, 0.25) is 0 Å². The van der Waals surface area contributed by atoms with Gasteiger partial charge in [-0.2, -0.15) is 0 Å². The molecule has 0 atom stereocenters. The molecule has 2 heterocycles. The maximum atomic E-state index is 11.1. The summed E-state index contributed by atoms with van der Waals surface area (Å²) >= 11 is 1.62. The van der Waals surface area contributed by atoms with Gasteiger partial charge in [0, 0.05) is 6.20 Å². The zero-order valence-electron chi connectivity index (χ0n) is 17.1.